The van der Waals surface area contributed by atoms with E-state index in [0.717, 1.165) is 25.7 Å². The maximum atomic E-state index is 11.5. The van der Waals surface area contributed by atoms with Gasteiger partial charge in [-0.25, -0.2) is 4.79 Å². The standard InChI is InChI=1S/C14H22O6/c1-10(15)8-9-13(16)18-11(2)19-14(17)20-12-6-4-3-5-7-12/h11-12H,3-9H2,1-2H3. The van der Waals surface area contributed by atoms with Crippen LogP contribution in [0, 0.1) is 0 Å². The molecule has 1 aliphatic carbocycles. The summed E-state index contributed by atoms with van der Waals surface area (Å²) in [4.78, 5) is 33.5. The first-order valence-electron chi connectivity index (χ1n) is 7.03. The fourth-order valence-corrected chi connectivity index (χ4v) is 2.03. The highest BCUT2D eigenvalue weighted by Gasteiger charge is 2.21. The Hall–Kier alpha value is -1.59. The van der Waals surface area contributed by atoms with Crippen LogP contribution >= 0.6 is 0 Å². The van der Waals surface area contributed by atoms with E-state index in [4.69, 9.17) is 14.2 Å². The molecule has 1 unspecified atom stereocenters. The third kappa shape index (κ3) is 7.11. The Kier molecular flexibility index (Phi) is 7.04. The van der Waals surface area contributed by atoms with Crippen molar-refractivity contribution >= 4 is 17.9 Å². The van der Waals surface area contributed by atoms with E-state index >= 15 is 0 Å². The number of carbonyl (C=O) groups excluding carboxylic acids is 3. The number of hydrogen-bond donors (Lipinski definition) is 0. The molecule has 0 amide bonds. The SMILES string of the molecule is CC(=O)CCC(=O)OC(C)OC(=O)OC1CCCCC1. The second-order valence-electron chi connectivity index (χ2n) is 5.01. The Morgan fingerprint density at radius 1 is 1.05 bits per heavy atom. The summed E-state index contributed by atoms with van der Waals surface area (Å²) in [5.74, 6) is -0.662. The van der Waals surface area contributed by atoms with Gasteiger partial charge in [0.15, 0.2) is 0 Å². The molecule has 1 aliphatic rings. The zero-order chi connectivity index (χ0) is 15.0. The van der Waals surface area contributed by atoms with Crippen molar-refractivity contribution in [2.24, 2.45) is 0 Å². The highest BCUT2D eigenvalue weighted by Crippen LogP contribution is 2.20. The zero-order valence-corrected chi connectivity index (χ0v) is 12.1. The van der Waals surface area contributed by atoms with E-state index in [1.165, 1.54) is 20.3 Å². The quantitative estimate of drug-likeness (QED) is 0.552. The van der Waals surface area contributed by atoms with Gasteiger partial charge in [-0.1, -0.05) is 6.42 Å². The molecule has 0 aromatic carbocycles. The number of carbonyl (C=O) groups is 3. The Morgan fingerprint density at radius 2 is 1.70 bits per heavy atom. The summed E-state index contributed by atoms with van der Waals surface area (Å²) in [6.07, 6.45) is 3.15. The predicted molar refractivity (Wildman–Crippen MR) is 69.9 cm³/mol. The summed E-state index contributed by atoms with van der Waals surface area (Å²) >= 11 is 0. The number of hydrogen-bond acceptors (Lipinski definition) is 6. The van der Waals surface area contributed by atoms with Crippen LogP contribution in [0.1, 0.15) is 58.8 Å². The normalized spacial score (nSPS) is 17.1. The summed E-state index contributed by atoms with van der Waals surface area (Å²) < 4.78 is 14.8. The molecule has 0 spiro atoms. The molecule has 1 atom stereocenters. The van der Waals surface area contributed by atoms with Crippen molar-refractivity contribution in [3.05, 3.63) is 0 Å². The van der Waals surface area contributed by atoms with Crippen LogP contribution in [0.3, 0.4) is 0 Å². The zero-order valence-electron chi connectivity index (χ0n) is 12.1. The molecule has 20 heavy (non-hydrogen) atoms. The van der Waals surface area contributed by atoms with Crippen molar-refractivity contribution in [2.45, 2.75) is 71.2 Å². The predicted octanol–water partition coefficient (Wildman–Crippen LogP) is 2.73. The fraction of sp³-hybridized carbons (Fsp3) is 0.786. The van der Waals surface area contributed by atoms with Gasteiger partial charge >= 0.3 is 12.1 Å². The fourth-order valence-electron chi connectivity index (χ4n) is 2.03. The Morgan fingerprint density at radius 3 is 2.30 bits per heavy atom. The molecule has 0 aliphatic heterocycles. The lowest BCUT2D eigenvalue weighted by Crippen LogP contribution is -2.26. The molecule has 0 saturated heterocycles. The molecule has 0 aromatic rings. The molecule has 0 radical (unpaired) electrons. The minimum atomic E-state index is -1.01. The number of esters is 1. The van der Waals surface area contributed by atoms with Crippen LogP contribution in [0.5, 0.6) is 0 Å². The Bertz CT molecular complexity index is 346. The van der Waals surface area contributed by atoms with Gasteiger partial charge in [-0.15, -0.1) is 0 Å². The van der Waals surface area contributed by atoms with E-state index in [-0.39, 0.29) is 24.7 Å². The van der Waals surface area contributed by atoms with Crippen LogP contribution in [0.2, 0.25) is 0 Å². The van der Waals surface area contributed by atoms with Crippen molar-refractivity contribution in [1.82, 2.24) is 0 Å². The lowest BCUT2D eigenvalue weighted by Gasteiger charge is -2.22. The first-order valence-corrected chi connectivity index (χ1v) is 7.03. The van der Waals surface area contributed by atoms with Crippen LogP contribution in [0.4, 0.5) is 4.79 Å². The molecule has 0 heterocycles. The topological polar surface area (TPSA) is 78.9 Å². The van der Waals surface area contributed by atoms with Gasteiger partial charge in [-0.05, 0) is 32.6 Å². The number of ketones is 1. The molecule has 1 saturated carbocycles. The highest BCUT2D eigenvalue weighted by atomic mass is 16.8. The van der Waals surface area contributed by atoms with Gasteiger partial charge in [0.05, 0.1) is 6.42 Å². The van der Waals surface area contributed by atoms with Crippen LogP contribution in [-0.2, 0) is 23.8 Å². The third-order valence-electron chi connectivity index (χ3n) is 3.06. The van der Waals surface area contributed by atoms with E-state index in [9.17, 15) is 14.4 Å². The number of Topliss-reactive ketones (excluding diaryl/α,β-unsaturated/α-hetero) is 1. The molecule has 0 N–H and O–H groups in total. The van der Waals surface area contributed by atoms with Crippen LogP contribution in [0.25, 0.3) is 0 Å². The smallest absolute Gasteiger partial charge is 0.431 e. The second kappa shape index (κ2) is 8.55. The third-order valence-corrected chi connectivity index (χ3v) is 3.06. The molecule has 114 valence electrons. The highest BCUT2D eigenvalue weighted by molar-refractivity contribution is 5.81. The van der Waals surface area contributed by atoms with Gasteiger partial charge in [0, 0.05) is 13.3 Å². The van der Waals surface area contributed by atoms with Gasteiger partial charge in [-0.2, -0.15) is 0 Å². The van der Waals surface area contributed by atoms with E-state index in [1.807, 2.05) is 0 Å². The van der Waals surface area contributed by atoms with Gasteiger partial charge in [0.2, 0.25) is 6.29 Å². The van der Waals surface area contributed by atoms with Gasteiger partial charge in [-0.3, -0.25) is 4.79 Å². The molecule has 0 aromatic heterocycles. The first-order chi connectivity index (χ1) is 9.47. The molecule has 0 bridgehead atoms. The number of ether oxygens (including phenoxy) is 3. The molecule has 6 heteroatoms. The van der Waals surface area contributed by atoms with Crippen molar-refractivity contribution in [1.29, 1.82) is 0 Å². The minimum absolute atomic E-state index is 0.0132. The molecule has 6 nitrogen and oxygen atoms in total. The van der Waals surface area contributed by atoms with Gasteiger partial charge < -0.3 is 19.0 Å². The summed E-state index contributed by atoms with van der Waals surface area (Å²) in [5, 5.41) is 0. The van der Waals surface area contributed by atoms with Crippen LogP contribution in [0.15, 0.2) is 0 Å². The summed E-state index contributed by atoms with van der Waals surface area (Å²) in [6.45, 7) is 2.84. The minimum Gasteiger partial charge on any atom is -0.431 e. The average Bonchev–Trinajstić information content (AvgIpc) is 2.37. The van der Waals surface area contributed by atoms with Crippen LogP contribution in [-0.4, -0.2) is 30.3 Å². The van der Waals surface area contributed by atoms with Gasteiger partial charge in [0.1, 0.15) is 11.9 Å². The van der Waals surface area contributed by atoms with E-state index in [2.05, 4.69) is 0 Å². The van der Waals surface area contributed by atoms with Crippen molar-refractivity contribution < 1.29 is 28.6 Å². The second-order valence-corrected chi connectivity index (χ2v) is 5.01. The molecular weight excluding hydrogens is 264 g/mol. The largest absolute Gasteiger partial charge is 0.511 e. The van der Waals surface area contributed by atoms with Crippen molar-refractivity contribution in [3.8, 4) is 0 Å². The molecular formula is C14H22O6. The van der Waals surface area contributed by atoms with E-state index in [1.54, 1.807) is 0 Å². The lowest BCUT2D eigenvalue weighted by molar-refractivity contribution is -0.169. The Labute approximate surface area is 118 Å². The summed E-state index contributed by atoms with van der Waals surface area (Å²) in [7, 11) is 0. The first kappa shape index (κ1) is 16.5. The maximum Gasteiger partial charge on any atom is 0.511 e. The van der Waals surface area contributed by atoms with Crippen LogP contribution < -0.4 is 0 Å². The Balaban J connectivity index is 2.19. The van der Waals surface area contributed by atoms with Crippen molar-refractivity contribution in [3.63, 3.8) is 0 Å². The average molecular weight is 286 g/mol. The van der Waals surface area contributed by atoms with E-state index < -0.39 is 18.4 Å². The maximum absolute atomic E-state index is 11.5. The summed E-state index contributed by atoms with van der Waals surface area (Å²) in [5.41, 5.74) is 0. The van der Waals surface area contributed by atoms with Gasteiger partial charge in [0.25, 0.3) is 0 Å². The monoisotopic (exact) mass is 286 g/mol. The number of rotatable bonds is 6. The van der Waals surface area contributed by atoms with Crippen molar-refractivity contribution in [2.75, 3.05) is 0 Å². The summed E-state index contributed by atoms with van der Waals surface area (Å²) in [6, 6.07) is 0. The molecule has 1 rings (SSSR count). The van der Waals surface area contributed by atoms with E-state index in [0.29, 0.717) is 0 Å². The molecule has 1 fully saturated rings. The lowest BCUT2D eigenvalue weighted by atomic mass is 9.98.